The van der Waals surface area contributed by atoms with Gasteiger partial charge < -0.3 is 14.7 Å². The van der Waals surface area contributed by atoms with E-state index in [4.69, 9.17) is 0 Å². The Morgan fingerprint density at radius 3 is 2.31 bits per heavy atom. The molecule has 1 fully saturated rings. The molecule has 0 aliphatic carbocycles. The first-order chi connectivity index (χ1) is 12.6. The number of nitrogens with zero attached hydrogens (tertiary/aromatic N) is 5. The molecule has 2 aromatic rings. The SMILES string of the molecule is CCN(CC)c1ccc(N2CCN(C(=O)c3ccccc3F)CC2)nn1. The summed E-state index contributed by atoms with van der Waals surface area (Å²) in [4.78, 5) is 18.4. The molecular formula is C19H24FN5O. The van der Waals surface area contributed by atoms with Crippen LogP contribution < -0.4 is 9.80 Å². The quantitative estimate of drug-likeness (QED) is 0.823. The molecule has 1 aromatic carbocycles. The number of anilines is 2. The Bertz CT molecular complexity index is 740. The van der Waals surface area contributed by atoms with E-state index in [-0.39, 0.29) is 11.5 Å². The fourth-order valence-electron chi connectivity index (χ4n) is 3.15. The molecule has 0 radical (unpaired) electrons. The van der Waals surface area contributed by atoms with E-state index >= 15 is 0 Å². The average molecular weight is 357 g/mol. The Labute approximate surface area is 153 Å². The first-order valence-corrected chi connectivity index (χ1v) is 9.01. The molecular weight excluding hydrogens is 333 g/mol. The molecule has 0 atom stereocenters. The van der Waals surface area contributed by atoms with Gasteiger partial charge in [0.15, 0.2) is 11.6 Å². The number of hydrogen-bond acceptors (Lipinski definition) is 5. The zero-order valence-corrected chi connectivity index (χ0v) is 15.2. The van der Waals surface area contributed by atoms with Crippen LogP contribution >= 0.6 is 0 Å². The van der Waals surface area contributed by atoms with Gasteiger partial charge in [0.05, 0.1) is 5.56 Å². The minimum atomic E-state index is -0.474. The molecule has 1 aliphatic heterocycles. The standard InChI is InChI=1S/C19H24FN5O/c1-3-23(4-2)17-9-10-18(22-21-17)24-11-13-25(14-12-24)19(26)15-7-5-6-8-16(15)20/h5-10H,3-4,11-14H2,1-2H3. The fourth-order valence-corrected chi connectivity index (χ4v) is 3.15. The second kappa shape index (κ2) is 8.12. The molecule has 1 amide bonds. The second-order valence-corrected chi connectivity index (χ2v) is 6.18. The van der Waals surface area contributed by atoms with E-state index < -0.39 is 5.82 Å². The lowest BCUT2D eigenvalue weighted by Crippen LogP contribution is -2.49. The van der Waals surface area contributed by atoms with Crippen LogP contribution in [0.15, 0.2) is 36.4 Å². The number of piperazine rings is 1. The predicted molar refractivity (Wildman–Crippen MR) is 100 cm³/mol. The minimum absolute atomic E-state index is 0.129. The van der Waals surface area contributed by atoms with Crippen molar-refractivity contribution in [1.29, 1.82) is 0 Å². The number of carbonyl (C=O) groups is 1. The molecule has 6 nitrogen and oxygen atoms in total. The molecule has 0 unspecified atom stereocenters. The number of rotatable bonds is 5. The number of halogens is 1. The van der Waals surface area contributed by atoms with Gasteiger partial charge in [0.2, 0.25) is 0 Å². The zero-order valence-electron chi connectivity index (χ0n) is 15.2. The van der Waals surface area contributed by atoms with Gasteiger partial charge in [-0.05, 0) is 38.1 Å². The molecule has 138 valence electrons. The molecule has 0 bridgehead atoms. The van der Waals surface area contributed by atoms with Crippen LogP contribution in [-0.4, -0.2) is 60.3 Å². The summed E-state index contributed by atoms with van der Waals surface area (Å²) < 4.78 is 13.8. The van der Waals surface area contributed by atoms with Crippen LogP contribution in [0.25, 0.3) is 0 Å². The fraction of sp³-hybridized carbons (Fsp3) is 0.421. The van der Waals surface area contributed by atoms with Crippen LogP contribution in [0.5, 0.6) is 0 Å². The van der Waals surface area contributed by atoms with Gasteiger partial charge in [-0.1, -0.05) is 12.1 Å². The lowest BCUT2D eigenvalue weighted by atomic mass is 10.1. The van der Waals surface area contributed by atoms with Gasteiger partial charge in [0, 0.05) is 39.3 Å². The third-order valence-corrected chi connectivity index (χ3v) is 4.72. The molecule has 26 heavy (non-hydrogen) atoms. The maximum absolute atomic E-state index is 13.8. The van der Waals surface area contributed by atoms with Crippen LogP contribution in [0.1, 0.15) is 24.2 Å². The van der Waals surface area contributed by atoms with E-state index in [1.165, 1.54) is 12.1 Å². The van der Waals surface area contributed by atoms with E-state index in [1.54, 1.807) is 17.0 Å². The molecule has 0 spiro atoms. The van der Waals surface area contributed by atoms with Crippen molar-refractivity contribution in [1.82, 2.24) is 15.1 Å². The van der Waals surface area contributed by atoms with E-state index in [0.29, 0.717) is 26.2 Å². The lowest BCUT2D eigenvalue weighted by Gasteiger charge is -2.35. The van der Waals surface area contributed by atoms with E-state index in [9.17, 15) is 9.18 Å². The number of benzene rings is 1. The lowest BCUT2D eigenvalue weighted by molar-refractivity contribution is 0.0742. The maximum atomic E-state index is 13.8. The summed E-state index contributed by atoms with van der Waals surface area (Å²) in [5.74, 6) is 0.939. The first-order valence-electron chi connectivity index (χ1n) is 9.01. The van der Waals surface area contributed by atoms with Gasteiger partial charge in [-0.15, -0.1) is 10.2 Å². The molecule has 1 aliphatic rings. The topological polar surface area (TPSA) is 52.6 Å². The van der Waals surface area contributed by atoms with Crippen LogP contribution in [-0.2, 0) is 0 Å². The Morgan fingerprint density at radius 1 is 1.04 bits per heavy atom. The van der Waals surface area contributed by atoms with Crippen molar-refractivity contribution in [2.75, 3.05) is 49.1 Å². The van der Waals surface area contributed by atoms with Crippen molar-refractivity contribution in [3.63, 3.8) is 0 Å². The average Bonchev–Trinajstić information content (AvgIpc) is 2.69. The normalized spacial score (nSPS) is 14.4. The molecule has 7 heteroatoms. The van der Waals surface area contributed by atoms with Crippen molar-refractivity contribution < 1.29 is 9.18 Å². The molecule has 2 heterocycles. The van der Waals surface area contributed by atoms with E-state index in [1.807, 2.05) is 12.1 Å². The Hall–Kier alpha value is -2.70. The zero-order chi connectivity index (χ0) is 18.5. The minimum Gasteiger partial charge on any atom is -0.356 e. The highest BCUT2D eigenvalue weighted by molar-refractivity contribution is 5.94. The summed E-state index contributed by atoms with van der Waals surface area (Å²) in [6.07, 6.45) is 0. The van der Waals surface area contributed by atoms with Gasteiger partial charge in [0.1, 0.15) is 5.82 Å². The summed E-state index contributed by atoms with van der Waals surface area (Å²) in [6.45, 7) is 8.33. The van der Waals surface area contributed by atoms with Crippen molar-refractivity contribution in [2.24, 2.45) is 0 Å². The van der Waals surface area contributed by atoms with E-state index in [2.05, 4.69) is 33.8 Å². The van der Waals surface area contributed by atoms with E-state index in [0.717, 1.165) is 24.7 Å². The number of hydrogen-bond donors (Lipinski definition) is 0. The van der Waals surface area contributed by atoms with Gasteiger partial charge in [-0.3, -0.25) is 4.79 Å². The molecule has 1 saturated heterocycles. The van der Waals surface area contributed by atoms with Crippen LogP contribution in [0.4, 0.5) is 16.0 Å². The maximum Gasteiger partial charge on any atom is 0.256 e. The highest BCUT2D eigenvalue weighted by Crippen LogP contribution is 2.18. The van der Waals surface area contributed by atoms with Gasteiger partial charge in [0.25, 0.3) is 5.91 Å². The van der Waals surface area contributed by atoms with Gasteiger partial charge in [-0.25, -0.2) is 4.39 Å². The molecule has 0 saturated carbocycles. The van der Waals surface area contributed by atoms with Crippen LogP contribution in [0.2, 0.25) is 0 Å². The summed E-state index contributed by atoms with van der Waals surface area (Å²) in [5.41, 5.74) is 0.129. The summed E-state index contributed by atoms with van der Waals surface area (Å²) in [6, 6.07) is 10.1. The first kappa shape index (κ1) is 18.1. The van der Waals surface area contributed by atoms with Crippen molar-refractivity contribution >= 4 is 17.5 Å². The number of carbonyl (C=O) groups excluding carboxylic acids is 1. The molecule has 0 N–H and O–H groups in total. The third-order valence-electron chi connectivity index (χ3n) is 4.72. The highest BCUT2D eigenvalue weighted by Gasteiger charge is 2.24. The smallest absolute Gasteiger partial charge is 0.256 e. The largest absolute Gasteiger partial charge is 0.356 e. The highest BCUT2D eigenvalue weighted by atomic mass is 19.1. The van der Waals surface area contributed by atoms with Crippen molar-refractivity contribution in [3.8, 4) is 0 Å². The Morgan fingerprint density at radius 2 is 1.73 bits per heavy atom. The van der Waals surface area contributed by atoms with Crippen molar-refractivity contribution in [2.45, 2.75) is 13.8 Å². The number of aromatic nitrogens is 2. The third kappa shape index (κ3) is 3.76. The van der Waals surface area contributed by atoms with Crippen LogP contribution in [0, 0.1) is 5.82 Å². The Kier molecular flexibility index (Phi) is 5.65. The summed E-state index contributed by atoms with van der Waals surface area (Å²) in [7, 11) is 0. The summed E-state index contributed by atoms with van der Waals surface area (Å²) in [5, 5.41) is 8.65. The van der Waals surface area contributed by atoms with Gasteiger partial charge >= 0.3 is 0 Å². The second-order valence-electron chi connectivity index (χ2n) is 6.18. The van der Waals surface area contributed by atoms with Crippen LogP contribution in [0.3, 0.4) is 0 Å². The summed E-state index contributed by atoms with van der Waals surface area (Å²) >= 11 is 0. The Balaban J connectivity index is 1.62. The number of amides is 1. The van der Waals surface area contributed by atoms with Crippen molar-refractivity contribution in [3.05, 3.63) is 47.8 Å². The monoisotopic (exact) mass is 357 g/mol. The predicted octanol–water partition coefficient (Wildman–Crippen LogP) is 2.42. The van der Waals surface area contributed by atoms with Gasteiger partial charge in [-0.2, -0.15) is 0 Å². The molecule has 1 aromatic heterocycles. The molecule has 3 rings (SSSR count).